The Morgan fingerprint density at radius 1 is 1.07 bits per heavy atom. The molecule has 0 spiro atoms. The number of hydrogen-bond donors (Lipinski definition) is 2. The van der Waals surface area contributed by atoms with Gasteiger partial charge in [0.25, 0.3) is 0 Å². The first kappa shape index (κ1) is 21.1. The van der Waals surface area contributed by atoms with Gasteiger partial charge in [-0.15, -0.1) is 0 Å². The van der Waals surface area contributed by atoms with Gasteiger partial charge >= 0.3 is 0 Å². The van der Waals surface area contributed by atoms with Crippen molar-refractivity contribution in [3.8, 4) is 17.4 Å². The molecular formula is C21H27N7O2. The lowest BCUT2D eigenvalue weighted by molar-refractivity contribution is 0.300. The van der Waals surface area contributed by atoms with E-state index >= 15 is 0 Å². The number of benzene rings is 1. The molecule has 0 aliphatic carbocycles. The van der Waals surface area contributed by atoms with E-state index in [0.717, 1.165) is 17.8 Å². The summed E-state index contributed by atoms with van der Waals surface area (Å²) in [6, 6.07) is 11.4. The van der Waals surface area contributed by atoms with Gasteiger partial charge in [-0.05, 0) is 24.6 Å². The second-order valence-corrected chi connectivity index (χ2v) is 6.44. The van der Waals surface area contributed by atoms with Crippen LogP contribution in [0.3, 0.4) is 0 Å². The van der Waals surface area contributed by atoms with Crippen molar-refractivity contribution in [2.45, 2.75) is 26.4 Å². The van der Waals surface area contributed by atoms with Gasteiger partial charge < -0.3 is 20.1 Å². The Morgan fingerprint density at radius 2 is 1.87 bits per heavy atom. The van der Waals surface area contributed by atoms with E-state index < -0.39 is 0 Å². The summed E-state index contributed by atoms with van der Waals surface area (Å²) in [6.45, 7) is 3.69. The van der Waals surface area contributed by atoms with Gasteiger partial charge in [-0.1, -0.05) is 25.1 Å². The Hall–Kier alpha value is -3.62. The number of nitrogens with zero attached hydrogens (tertiary/aromatic N) is 5. The van der Waals surface area contributed by atoms with Crippen molar-refractivity contribution in [3.05, 3.63) is 60.3 Å². The predicted molar refractivity (Wildman–Crippen MR) is 115 cm³/mol. The van der Waals surface area contributed by atoms with Crippen LogP contribution in [0.15, 0.2) is 53.9 Å². The number of pyridine rings is 1. The third-order valence-corrected chi connectivity index (χ3v) is 4.26. The van der Waals surface area contributed by atoms with E-state index in [-0.39, 0.29) is 0 Å². The van der Waals surface area contributed by atoms with Gasteiger partial charge in [-0.2, -0.15) is 5.10 Å². The summed E-state index contributed by atoms with van der Waals surface area (Å²) >= 11 is 0. The highest BCUT2D eigenvalue weighted by molar-refractivity contribution is 5.79. The molecule has 0 saturated heterocycles. The molecule has 0 atom stereocenters. The van der Waals surface area contributed by atoms with Crippen LogP contribution in [0.2, 0.25) is 0 Å². The standard InChI is InChI=1S/C21H27N7O2/c1-4-12-29-17-9-5-6-10-18(17)30-20-16(8-7-11-23-20)13-24-21(22-2)25-14-19-26-15-27-28(19)3/h5-11,15H,4,12-14H2,1-3H3,(H2,22,24,25). The van der Waals surface area contributed by atoms with E-state index in [1.807, 2.05) is 43.4 Å². The Morgan fingerprint density at radius 3 is 2.60 bits per heavy atom. The fourth-order valence-electron chi connectivity index (χ4n) is 2.66. The number of aryl methyl sites for hydroxylation is 1. The molecule has 0 bridgehead atoms. The lowest BCUT2D eigenvalue weighted by Crippen LogP contribution is -2.37. The van der Waals surface area contributed by atoms with Crippen LogP contribution < -0.4 is 20.1 Å². The molecule has 3 rings (SSSR count). The van der Waals surface area contributed by atoms with Crippen LogP contribution >= 0.6 is 0 Å². The molecule has 1 aromatic carbocycles. The Labute approximate surface area is 176 Å². The predicted octanol–water partition coefficient (Wildman–Crippen LogP) is 2.66. The van der Waals surface area contributed by atoms with Crippen LogP contribution in [0.1, 0.15) is 24.7 Å². The molecule has 0 aliphatic rings. The zero-order valence-corrected chi connectivity index (χ0v) is 17.5. The summed E-state index contributed by atoms with van der Waals surface area (Å²) in [7, 11) is 3.56. The lowest BCUT2D eigenvalue weighted by atomic mass is 10.2. The summed E-state index contributed by atoms with van der Waals surface area (Å²) in [5, 5.41) is 10.6. The molecule has 158 valence electrons. The normalized spacial score (nSPS) is 11.2. The van der Waals surface area contributed by atoms with Crippen molar-refractivity contribution >= 4 is 5.96 Å². The van der Waals surface area contributed by atoms with Crippen molar-refractivity contribution < 1.29 is 9.47 Å². The molecular weight excluding hydrogens is 382 g/mol. The van der Waals surface area contributed by atoms with Crippen molar-refractivity contribution in [2.75, 3.05) is 13.7 Å². The van der Waals surface area contributed by atoms with Gasteiger partial charge in [-0.3, -0.25) is 9.67 Å². The van der Waals surface area contributed by atoms with E-state index in [4.69, 9.17) is 9.47 Å². The molecule has 30 heavy (non-hydrogen) atoms. The first-order chi connectivity index (χ1) is 14.7. The SMILES string of the molecule is CCCOc1ccccc1Oc1ncccc1CNC(=NC)NCc1ncnn1C. The smallest absolute Gasteiger partial charge is 0.224 e. The first-order valence-corrected chi connectivity index (χ1v) is 9.82. The van der Waals surface area contributed by atoms with Crippen molar-refractivity contribution in [3.63, 3.8) is 0 Å². The highest BCUT2D eigenvalue weighted by Gasteiger charge is 2.11. The minimum absolute atomic E-state index is 0.486. The zero-order valence-electron chi connectivity index (χ0n) is 17.5. The maximum atomic E-state index is 6.08. The molecule has 0 fully saturated rings. The van der Waals surface area contributed by atoms with Crippen LogP contribution in [0, 0.1) is 0 Å². The number of aliphatic imine (C=N–C) groups is 1. The second-order valence-electron chi connectivity index (χ2n) is 6.44. The minimum atomic E-state index is 0.486. The van der Waals surface area contributed by atoms with Gasteiger partial charge in [0, 0.05) is 32.4 Å². The van der Waals surface area contributed by atoms with Crippen molar-refractivity contribution in [1.29, 1.82) is 0 Å². The summed E-state index contributed by atoms with van der Waals surface area (Å²) in [5.74, 6) is 3.30. The largest absolute Gasteiger partial charge is 0.490 e. The molecule has 2 aromatic heterocycles. The van der Waals surface area contributed by atoms with Gasteiger partial charge in [0.1, 0.15) is 12.2 Å². The highest BCUT2D eigenvalue weighted by atomic mass is 16.5. The molecule has 3 aromatic rings. The number of rotatable bonds is 9. The van der Waals surface area contributed by atoms with Crippen LogP contribution in [0.5, 0.6) is 17.4 Å². The number of hydrogen-bond acceptors (Lipinski definition) is 6. The van der Waals surface area contributed by atoms with Gasteiger partial charge in [0.2, 0.25) is 5.88 Å². The Kier molecular flexibility index (Phi) is 7.59. The van der Waals surface area contributed by atoms with Crippen LogP contribution in [0.25, 0.3) is 0 Å². The number of para-hydroxylation sites is 2. The van der Waals surface area contributed by atoms with E-state index in [0.29, 0.717) is 43.0 Å². The molecule has 0 unspecified atom stereocenters. The second kappa shape index (κ2) is 10.8. The molecule has 9 nitrogen and oxygen atoms in total. The van der Waals surface area contributed by atoms with Gasteiger partial charge in [0.15, 0.2) is 17.5 Å². The third-order valence-electron chi connectivity index (χ3n) is 4.26. The molecule has 0 saturated carbocycles. The summed E-state index contributed by atoms with van der Waals surface area (Å²) in [4.78, 5) is 12.8. The minimum Gasteiger partial charge on any atom is -0.490 e. The number of aromatic nitrogens is 4. The summed E-state index contributed by atoms with van der Waals surface area (Å²) < 4.78 is 13.6. The maximum absolute atomic E-state index is 6.08. The maximum Gasteiger partial charge on any atom is 0.224 e. The number of nitrogens with one attached hydrogen (secondary N) is 2. The summed E-state index contributed by atoms with van der Waals surface area (Å²) in [5.41, 5.74) is 0.893. The van der Waals surface area contributed by atoms with Crippen molar-refractivity contribution in [1.82, 2.24) is 30.4 Å². The average Bonchev–Trinajstić information content (AvgIpc) is 3.19. The molecule has 9 heteroatoms. The molecule has 2 heterocycles. The van der Waals surface area contributed by atoms with Crippen LogP contribution in [-0.2, 0) is 20.1 Å². The highest BCUT2D eigenvalue weighted by Crippen LogP contribution is 2.31. The van der Waals surface area contributed by atoms with Gasteiger partial charge in [-0.25, -0.2) is 9.97 Å². The molecule has 0 amide bonds. The topological polar surface area (TPSA) is 98.5 Å². The van der Waals surface area contributed by atoms with E-state index in [1.165, 1.54) is 6.33 Å². The quantitative estimate of drug-likeness (QED) is 0.414. The Balaban J connectivity index is 1.64. The average molecular weight is 409 g/mol. The zero-order chi connectivity index (χ0) is 21.2. The fourth-order valence-corrected chi connectivity index (χ4v) is 2.66. The van der Waals surface area contributed by atoms with E-state index in [1.54, 1.807) is 17.9 Å². The number of guanidine groups is 1. The Bertz CT molecular complexity index is 971. The van der Waals surface area contributed by atoms with E-state index in [9.17, 15) is 0 Å². The molecule has 0 radical (unpaired) electrons. The number of ether oxygens (including phenoxy) is 2. The first-order valence-electron chi connectivity index (χ1n) is 9.82. The monoisotopic (exact) mass is 409 g/mol. The van der Waals surface area contributed by atoms with Crippen LogP contribution in [0.4, 0.5) is 0 Å². The van der Waals surface area contributed by atoms with Gasteiger partial charge in [0.05, 0.1) is 13.2 Å². The fraction of sp³-hybridized carbons (Fsp3) is 0.333. The molecule has 0 aliphatic heterocycles. The van der Waals surface area contributed by atoms with Crippen LogP contribution in [-0.4, -0.2) is 39.4 Å². The molecule has 2 N–H and O–H groups in total. The van der Waals surface area contributed by atoms with Crippen molar-refractivity contribution in [2.24, 2.45) is 12.0 Å². The summed E-state index contributed by atoms with van der Waals surface area (Å²) in [6.07, 6.45) is 4.15. The lowest BCUT2D eigenvalue weighted by Gasteiger charge is -2.15. The van der Waals surface area contributed by atoms with E-state index in [2.05, 4.69) is 37.6 Å². The third kappa shape index (κ3) is 5.69.